The Kier molecular flexibility index (Phi) is 6.52. The summed E-state index contributed by atoms with van der Waals surface area (Å²) in [7, 11) is 0. The van der Waals surface area contributed by atoms with Gasteiger partial charge in [-0.05, 0) is 34.0 Å². The summed E-state index contributed by atoms with van der Waals surface area (Å²) in [6, 6.07) is 19.0. The molecule has 3 aromatic carbocycles. The monoisotopic (exact) mass is 393 g/mol. The maximum absolute atomic E-state index is 12.9. The van der Waals surface area contributed by atoms with E-state index in [2.05, 4.69) is 16.2 Å². The summed E-state index contributed by atoms with van der Waals surface area (Å²) in [5.41, 5.74) is 5.98. The number of fused-ring (bicyclic) bond motifs is 1. The second-order valence-corrected chi connectivity index (χ2v) is 6.49. The summed E-state index contributed by atoms with van der Waals surface area (Å²) in [4.78, 5) is 35.8. The van der Waals surface area contributed by atoms with Crippen LogP contribution < -0.4 is 16.2 Å². The molecule has 0 aliphatic carbocycles. The number of amides is 3. The smallest absolute Gasteiger partial charge is 0.257 e. The number of hydrogen-bond acceptors (Lipinski definition) is 3. The highest BCUT2D eigenvalue weighted by atomic mass is 19.1. The number of carbonyl (C=O) groups is 3. The van der Waals surface area contributed by atoms with E-state index in [9.17, 15) is 18.8 Å². The summed E-state index contributed by atoms with van der Waals surface area (Å²) in [6.45, 7) is -0.263. The van der Waals surface area contributed by atoms with Gasteiger partial charge in [-0.25, -0.2) is 4.39 Å². The molecule has 0 bridgehead atoms. The van der Waals surface area contributed by atoms with Crippen LogP contribution in [0.15, 0.2) is 66.7 Å². The molecule has 3 aromatic rings. The zero-order valence-corrected chi connectivity index (χ0v) is 15.6. The summed E-state index contributed by atoms with van der Waals surface area (Å²) >= 11 is 0. The Balaban J connectivity index is 1.42. The summed E-state index contributed by atoms with van der Waals surface area (Å²) in [6.07, 6.45) is 0.138. The highest BCUT2D eigenvalue weighted by Gasteiger charge is 2.10. The number of carbonyl (C=O) groups excluding carboxylic acids is 3. The molecule has 0 spiro atoms. The molecule has 0 radical (unpaired) electrons. The third kappa shape index (κ3) is 5.87. The van der Waals surface area contributed by atoms with E-state index in [1.807, 2.05) is 42.5 Å². The Morgan fingerprint density at radius 1 is 0.724 bits per heavy atom. The molecule has 0 saturated heterocycles. The fraction of sp³-hybridized carbons (Fsp3) is 0.136. The molecule has 0 atom stereocenters. The molecule has 0 aliphatic rings. The molecule has 0 saturated carbocycles. The first-order valence-electron chi connectivity index (χ1n) is 9.07. The second kappa shape index (κ2) is 9.45. The zero-order chi connectivity index (χ0) is 20.6. The van der Waals surface area contributed by atoms with Crippen molar-refractivity contribution in [1.82, 2.24) is 16.2 Å². The molecule has 0 aliphatic heterocycles. The minimum atomic E-state index is -0.552. The van der Waals surface area contributed by atoms with Crippen molar-refractivity contribution in [3.05, 3.63) is 83.7 Å². The number of hydrazine groups is 1. The highest BCUT2D eigenvalue weighted by Crippen LogP contribution is 2.18. The number of nitrogens with one attached hydrogen (secondary N) is 3. The lowest BCUT2D eigenvalue weighted by atomic mass is 10.0. The topological polar surface area (TPSA) is 87.3 Å². The van der Waals surface area contributed by atoms with Gasteiger partial charge in [-0.15, -0.1) is 0 Å². The molecular weight excluding hydrogens is 373 g/mol. The van der Waals surface area contributed by atoms with Crippen LogP contribution in [0, 0.1) is 5.82 Å². The van der Waals surface area contributed by atoms with E-state index in [1.165, 1.54) is 24.3 Å². The van der Waals surface area contributed by atoms with Crippen molar-refractivity contribution in [2.24, 2.45) is 0 Å². The predicted octanol–water partition coefficient (Wildman–Crippen LogP) is 2.03. The molecule has 148 valence electrons. The van der Waals surface area contributed by atoms with Gasteiger partial charge in [-0.2, -0.15) is 0 Å². The Hall–Kier alpha value is -3.74. The van der Waals surface area contributed by atoms with Gasteiger partial charge >= 0.3 is 0 Å². The summed E-state index contributed by atoms with van der Waals surface area (Å²) < 4.78 is 12.9. The number of hydrogen-bond donors (Lipinski definition) is 3. The van der Waals surface area contributed by atoms with Crippen LogP contribution in [-0.2, 0) is 27.2 Å². The normalized spacial score (nSPS) is 10.4. The van der Waals surface area contributed by atoms with E-state index < -0.39 is 11.8 Å². The van der Waals surface area contributed by atoms with Crippen molar-refractivity contribution in [1.29, 1.82) is 0 Å². The second-order valence-electron chi connectivity index (χ2n) is 6.49. The van der Waals surface area contributed by atoms with Crippen LogP contribution in [0.1, 0.15) is 11.1 Å². The Labute approximate surface area is 167 Å². The van der Waals surface area contributed by atoms with E-state index in [4.69, 9.17) is 0 Å². The Morgan fingerprint density at radius 2 is 1.41 bits per heavy atom. The molecule has 3 rings (SSSR count). The van der Waals surface area contributed by atoms with E-state index >= 15 is 0 Å². The highest BCUT2D eigenvalue weighted by molar-refractivity contribution is 5.92. The largest absolute Gasteiger partial charge is 0.347 e. The average molecular weight is 393 g/mol. The lowest BCUT2D eigenvalue weighted by Gasteiger charge is -2.09. The van der Waals surface area contributed by atoms with Crippen molar-refractivity contribution in [3.8, 4) is 0 Å². The summed E-state index contributed by atoms with van der Waals surface area (Å²) in [5.74, 6) is -1.69. The molecule has 6 nitrogen and oxygen atoms in total. The van der Waals surface area contributed by atoms with Gasteiger partial charge < -0.3 is 5.32 Å². The number of rotatable bonds is 6. The van der Waals surface area contributed by atoms with Gasteiger partial charge in [0.1, 0.15) is 5.82 Å². The lowest BCUT2D eigenvalue weighted by molar-refractivity contribution is -0.129. The van der Waals surface area contributed by atoms with Crippen molar-refractivity contribution in [2.45, 2.75) is 12.8 Å². The van der Waals surface area contributed by atoms with E-state index in [-0.39, 0.29) is 31.1 Å². The third-order valence-electron chi connectivity index (χ3n) is 4.30. The minimum absolute atomic E-state index is 0.00595. The maximum Gasteiger partial charge on any atom is 0.257 e. The molecule has 0 unspecified atom stereocenters. The SMILES string of the molecule is O=C(Cc1cccc2ccccc12)NCC(=O)NNC(=O)Cc1ccc(F)cc1. The van der Waals surface area contributed by atoms with Gasteiger partial charge in [0.15, 0.2) is 0 Å². The predicted molar refractivity (Wildman–Crippen MR) is 107 cm³/mol. The van der Waals surface area contributed by atoms with Gasteiger partial charge in [0.2, 0.25) is 11.8 Å². The van der Waals surface area contributed by atoms with E-state index in [1.54, 1.807) is 0 Å². The third-order valence-corrected chi connectivity index (χ3v) is 4.30. The van der Waals surface area contributed by atoms with Crippen molar-refractivity contribution < 1.29 is 18.8 Å². The molecular formula is C22H20FN3O3. The van der Waals surface area contributed by atoms with Gasteiger partial charge in [-0.3, -0.25) is 25.2 Å². The fourth-order valence-corrected chi connectivity index (χ4v) is 2.88. The van der Waals surface area contributed by atoms with Crippen LogP contribution in [0.4, 0.5) is 4.39 Å². The molecule has 3 N–H and O–H groups in total. The summed E-state index contributed by atoms with van der Waals surface area (Å²) in [5, 5.41) is 4.56. The van der Waals surface area contributed by atoms with E-state index in [0.29, 0.717) is 5.56 Å². The minimum Gasteiger partial charge on any atom is -0.347 e. The first-order valence-corrected chi connectivity index (χ1v) is 9.07. The lowest BCUT2D eigenvalue weighted by Crippen LogP contribution is -2.47. The molecule has 0 heterocycles. The van der Waals surface area contributed by atoms with Crippen molar-refractivity contribution in [2.75, 3.05) is 6.54 Å². The fourth-order valence-electron chi connectivity index (χ4n) is 2.88. The van der Waals surface area contributed by atoms with Crippen LogP contribution >= 0.6 is 0 Å². The van der Waals surface area contributed by atoms with Gasteiger partial charge in [0.25, 0.3) is 5.91 Å². The average Bonchev–Trinajstić information content (AvgIpc) is 2.73. The first kappa shape index (κ1) is 20.0. The van der Waals surface area contributed by atoms with Crippen LogP contribution in [-0.4, -0.2) is 24.3 Å². The van der Waals surface area contributed by atoms with Crippen LogP contribution in [0.25, 0.3) is 10.8 Å². The van der Waals surface area contributed by atoms with Crippen molar-refractivity contribution >= 4 is 28.5 Å². The molecule has 7 heteroatoms. The molecule has 0 aromatic heterocycles. The zero-order valence-electron chi connectivity index (χ0n) is 15.6. The Bertz CT molecular complexity index is 1030. The maximum atomic E-state index is 12.9. The van der Waals surface area contributed by atoms with Crippen LogP contribution in [0.3, 0.4) is 0 Å². The van der Waals surface area contributed by atoms with Gasteiger partial charge in [-0.1, -0.05) is 54.6 Å². The standard InChI is InChI=1S/C22H20FN3O3/c23-18-10-8-15(9-11-18)12-21(28)25-26-22(29)14-24-20(27)13-17-6-3-5-16-4-1-2-7-19(16)17/h1-11H,12-14H2,(H,24,27)(H,25,28)(H,26,29). The Morgan fingerprint density at radius 3 is 2.21 bits per heavy atom. The van der Waals surface area contributed by atoms with Gasteiger partial charge in [0, 0.05) is 0 Å². The molecule has 0 fully saturated rings. The molecule has 3 amide bonds. The van der Waals surface area contributed by atoms with Crippen LogP contribution in [0.2, 0.25) is 0 Å². The molecule has 29 heavy (non-hydrogen) atoms. The van der Waals surface area contributed by atoms with Gasteiger partial charge in [0.05, 0.1) is 19.4 Å². The number of halogens is 1. The van der Waals surface area contributed by atoms with Crippen LogP contribution in [0.5, 0.6) is 0 Å². The quantitative estimate of drug-likeness (QED) is 0.560. The first-order chi connectivity index (χ1) is 14.0. The van der Waals surface area contributed by atoms with Crippen molar-refractivity contribution in [3.63, 3.8) is 0 Å². The van der Waals surface area contributed by atoms with E-state index in [0.717, 1.165) is 16.3 Å². The number of benzene rings is 3.